The zero-order chi connectivity index (χ0) is 12.4. The summed E-state index contributed by atoms with van der Waals surface area (Å²) in [5, 5.41) is 3.25. The number of hydrogen-bond acceptors (Lipinski definition) is 3. The average molecular weight is 240 g/mol. The first kappa shape index (κ1) is 11.2. The number of aromatic nitrogens is 1. The van der Waals surface area contributed by atoms with Gasteiger partial charge >= 0.3 is 0 Å². The summed E-state index contributed by atoms with van der Waals surface area (Å²) in [6, 6.07) is 12.3. The van der Waals surface area contributed by atoms with Crippen molar-refractivity contribution in [1.82, 2.24) is 10.3 Å². The lowest BCUT2D eigenvalue weighted by Crippen LogP contribution is -2.18. The van der Waals surface area contributed by atoms with Gasteiger partial charge in [-0.1, -0.05) is 24.3 Å². The largest absolute Gasteiger partial charge is 0.438 e. The van der Waals surface area contributed by atoms with Crippen molar-refractivity contribution in [2.75, 3.05) is 13.6 Å². The number of pyridine rings is 1. The van der Waals surface area contributed by atoms with E-state index in [0.29, 0.717) is 5.92 Å². The number of fused-ring (bicyclic) bond motifs is 2. The van der Waals surface area contributed by atoms with E-state index in [4.69, 9.17) is 4.74 Å². The molecule has 0 amide bonds. The van der Waals surface area contributed by atoms with Crippen molar-refractivity contribution in [2.24, 2.45) is 0 Å². The number of nitrogens with zero attached hydrogens (tertiary/aromatic N) is 1. The molecule has 1 atom stereocenters. The minimum atomic E-state index is 0.405. The van der Waals surface area contributed by atoms with Gasteiger partial charge < -0.3 is 10.1 Å². The molecule has 1 aliphatic rings. The minimum absolute atomic E-state index is 0.405. The summed E-state index contributed by atoms with van der Waals surface area (Å²) < 4.78 is 5.94. The maximum absolute atomic E-state index is 5.94. The van der Waals surface area contributed by atoms with Gasteiger partial charge in [-0.15, -0.1) is 0 Å². The molecule has 0 saturated heterocycles. The predicted molar refractivity (Wildman–Crippen MR) is 71.1 cm³/mol. The molecule has 1 aromatic carbocycles. The van der Waals surface area contributed by atoms with Gasteiger partial charge in [0.05, 0.1) is 0 Å². The first-order valence-corrected chi connectivity index (χ1v) is 6.24. The number of hydrogen-bond donors (Lipinski definition) is 1. The van der Waals surface area contributed by atoms with E-state index in [9.17, 15) is 0 Å². The van der Waals surface area contributed by atoms with Gasteiger partial charge in [0.25, 0.3) is 0 Å². The Hall–Kier alpha value is -1.87. The van der Waals surface area contributed by atoms with Crippen LogP contribution in [0.5, 0.6) is 11.6 Å². The van der Waals surface area contributed by atoms with E-state index in [0.717, 1.165) is 24.6 Å². The Balaban J connectivity index is 2.08. The fraction of sp³-hybridized carbons (Fsp3) is 0.267. The summed E-state index contributed by atoms with van der Waals surface area (Å²) in [6.07, 6.45) is 2.76. The molecule has 0 aliphatic carbocycles. The molecule has 2 heterocycles. The smallest absolute Gasteiger partial charge is 0.222 e. The van der Waals surface area contributed by atoms with Crippen LogP contribution >= 0.6 is 0 Å². The van der Waals surface area contributed by atoms with Gasteiger partial charge in [0, 0.05) is 24.2 Å². The SMILES string of the molecule is CNCC1Cc2ccccc2Oc2ncccc21. The fourth-order valence-corrected chi connectivity index (χ4v) is 2.48. The topological polar surface area (TPSA) is 34.1 Å². The minimum Gasteiger partial charge on any atom is -0.438 e. The summed E-state index contributed by atoms with van der Waals surface area (Å²) in [4.78, 5) is 4.36. The quantitative estimate of drug-likeness (QED) is 0.876. The molecular weight excluding hydrogens is 224 g/mol. The Bertz CT molecular complexity index is 554. The lowest BCUT2D eigenvalue weighted by molar-refractivity contribution is 0.457. The monoisotopic (exact) mass is 240 g/mol. The van der Waals surface area contributed by atoms with Crippen LogP contribution in [-0.4, -0.2) is 18.6 Å². The van der Waals surface area contributed by atoms with Gasteiger partial charge in [-0.3, -0.25) is 0 Å². The molecule has 1 aliphatic heterocycles. The van der Waals surface area contributed by atoms with Gasteiger partial charge in [-0.2, -0.15) is 0 Å². The molecule has 2 aromatic rings. The first-order valence-electron chi connectivity index (χ1n) is 6.24. The van der Waals surface area contributed by atoms with Crippen LogP contribution in [-0.2, 0) is 6.42 Å². The van der Waals surface area contributed by atoms with E-state index in [-0.39, 0.29) is 0 Å². The molecule has 0 saturated carbocycles. The highest BCUT2D eigenvalue weighted by molar-refractivity contribution is 5.44. The van der Waals surface area contributed by atoms with Gasteiger partial charge in [-0.25, -0.2) is 4.98 Å². The molecule has 1 unspecified atom stereocenters. The summed E-state index contributed by atoms with van der Waals surface area (Å²) in [5.41, 5.74) is 2.43. The second-order valence-corrected chi connectivity index (χ2v) is 4.57. The highest BCUT2D eigenvalue weighted by Crippen LogP contribution is 2.37. The second-order valence-electron chi connectivity index (χ2n) is 4.57. The van der Waals surface area contributed by atoms with Crippen LogP contribution < -0.4 is 10.1 Å². The van der Waals surface area contributed by atoms with E-state index in [1.807, 2.05) is 25.2 Å². The van der Waals surface area contributed by atoms with Crippen LogP contribution in [0.2, 0.25) is 0 Å². The van der Waals surface area contributed by atoms with Crippen molar-refractivity contribution in [1.29, 1.82) is 0 Å². The van der Waals surface area contributed by atoms with Crippen molar-refractivity contribution in [3.8, 4) is 11.6 Å². The summed E-state index contributed by atoms with van der Waals surface area (Å²) in [7, 11) is 1.98. The Morgan fingerprint density at radius 2 is 2.17 bits per heavy atom. The van der Waals surface area contributed by atoms with Crippen LogP contribution in [0.25, 0.3) is 0 Å². The zero-order valence-corrected chi connectivity index (χ0v) is 10.4. The van der Waals surface area contributed by atoms with Crippen molar-refractivity contribution < 1.29 is 4.74 Å². The lowest BCUT2D eigenvalue weighted by atomic mass is 9.93. The van der Waals surface area contributed by atoms with Crippen molar-refractivity contribution in [3.05, 3.63) is 53.7 Å². The molecule has 0 fully saturated rings. The van der Waals surface area contributed by atoms with Crippen LogP contribution in [0.3, 0.4) is 0 Å². The Morgan fingerprint density at radius 1 is 1.28 bits per heavy atom. The molecule has 0 bridgehead atoms. The normalized spacial score (nSPS) is 17.3. The highest BCUT2D eigenvalue weighted by Gasteiger charge is 2.23. The molecule has 0 radical (unpaired) electrons. The average Bonchev–Trinajstić information content (AvgIpc) is 2.56. The van der Waals surface area contributed by atoms with Gasteiger partial charge in [-0.05, 0) is 31.2 Å². The molecular formula is C15H16N2O. The molecule has 0 spiro atoms. The Kier molecular flexibility index (Phi) is 2.99. The van der Waals surface area contributed by atoms with Crippen molar-refractivity contribution in [3.63, 3.8) is 0 Å². The number of benzene rings is 1. The van der Waals surface area contributed by atoms with E-state index >= 15 is 0 Å². The molecule has 3 heteroatoms. The predicted octanol–water partition coefficient (Wildman–Crippen LogP) is 2.73. The highest BCUT2D eigenvalue weighted by atomic mass is 16.5. The maximum atomic E-state index is 5.94. The van der Waals surface area contributed by atoms with E-state index in [2.05, 4.69) is 28.5 Å². The fourth-order valence-electron chi connectivity index (χ4n) is 2.48. The summed E-state index contributed by atoms with van der Waals surface area (Å²) >= 11 is 0. The Labute approximate surface area is 107 Å². The molecule has 1 aromatic heterocycles. The van der Waals surface area contributed by atoms with Crippen LogP contribution in [0.1, 0.15) is 17.0 Å². The van der Waals surface area contributed by atoms with Crippen LogP contribution in [0.4, 0.5) is 0 Å². The second kappa shape index (κ2) is 4.78. The van der Waals surface area contributed by atoms with Crippen molar-refractivity contribution >= 4 is 0 Å². The van der Waals surface area contributed by atoms with Crippen LogP contribution in [0, 0.1) is 0 Å². The molecule has 3 rings (SSSR count). The van der Waals surface area contributed by atoms with Crippen LogP contribution in [0.15, 0.2) is 42.6 Å². The third-order valence-corrected chi connectivity index (χ3v) is 3.34. The molecule has 92 valence electrons. The molecule has 1 N–H and O–H groups in total. The third-order valence-electron chi connectivity index (χ3n) is 3.34. The van der Waals surface area contributed by atoms with Crippen molar-refractivity contribution in [2.45, 2.75) is 12.3 Å². The van der Waals surface area contributed by atoms with E-state index < -0.39 is 0 Å². The number of rotatable bonds is 2. The lowest BCUT2D eigenvalue weighted by Gasteiger charge is -2.15. The Morgan fingerprint density at radius 3 is 3.06 bits per heavy atom. The zero-order valence-electron chi connectivity index (χ0n) is 10.4. The number of nitrogens with one attached hydrogen (secondary N) is 1. The van der Waals surface area contributed by atoms with Gasteiger partial charge in [0.15, 0.2) is 0 Å². The molecule has 18 heavy (non-hydrogen) atoms. The maximum Gasteiger partial charge on any atom is 0.222 e. The number of para-hydroxylation sites is 1. The van der Waals surface area contributed by atoms with E-state index in [1.165, 1.54) is 11.1 Å². The number of likely N-dealkylation sites (N-methyl/N-ethyl adjacent to an activating group) is 1. The molecule has 3 nitrogen and oxygen atoms in total. The third kappa shape index (κ3) is 1.97. The van der Waals surface area contributed by atoms with Gasteiger partial charge in [0.2, 0.25) is 5.88 Å². The summed E-state index contributed by atoms with van der Waals surface area (Å²) in [6.45, 7) is 0.927. The van der Waals surface area contributed by atoms with E-state index in [1.54, 1.807) is 6.20 Å². The van der Waals surface area contributed by atoms with Gasteiger partial charge in [0.1, 0.15) is 5.75 Å². The first-order chi connectivity index (χ1) is 8.88. The standard InChI is InChI=1S/C15H16N2O/c1-16-10-12-9-11-5-2-3-7-14(11)18-15-13(12)6-4-8-17-15/h2-8,12,16H,9-10H2,1H3. The summed E-state index contributed by atoms with van der Waals surface area (Å²) in [5.74, 6) is 2.07. The number of ether oxygens (including phenoxy) is 1.